The van der Waals surface area contributed by atoms with E-state index in [1.54, 1.807) is 18.2 Å². The maximum absolute atomic E-state index is 12.5. The third-order valence-electron chi connectivity index (χ3n) is 3.10. The zero-order valence-electron chi connectivity index (χ0n) is 12.1. The van der Waals surface area contributed by atoms with Crippen molar-refractivity contribution in [2.75, 3.05) is 19.5 Å². The highest BCUT2D eigenvalue weighted by atomic mass is 79.9. The number of ether oxygens (including phenoxy) is 2. The molecule has 0 aliphatic carbocycles. The summed E-state index contributed by atoms with van der Waals surface area (Å²) in [5.74, 6) is 0.702. The minimum Gasteiger partial charge on any atom is -0.493 e. The molecule has 0 atom stereocenters. The van der Waals surface area contributed by atoms with Gasteiger partial charge in [-0.2, -0.15) is 0 Å². The monoisotopic (exact) mass is 349 g/mol. The van der Waals surface area contributed by atoms with Crippen LogP contribution in [0.1, 0.15) is 15.9 Å². The van der Waals surface area contributed by atoms with Crippen LogP contribution in [-0.4, -0.2) is 20.1 Å². The first-order valence-corrected chi connectivity index (χ1v) is 7.14. The van der Waals surface area contributed by atoms with Crippen molar-refractivity contribution in [2.45, 2.75) is 6.92 Å². The number of methoxy groups -OCH3 is 2. The Kier molecular flexibility index (Phi) is 4.85. The van der Waals surface area contributed by atoms with Gasteiger partial charge in [0.05, 0.1) is 19.8 Å². The summed E-state index contributed by atoms with van der Waals surface area (Å²) in [4.78, 5) is 12.5. The zero-order valence-corrected chi connectivity index (χ0v) is 13.7. The first-order chi connectivity index (χ1) is 10.1. The van der Waals surface area contributed by atoms with Crippen molar-refractivity contribution in [1.29, 1.82) is 0 Å². The highest BCUT2D eigenvalue weighted by Gasteiger charge is 2.17. The van der Waals surface area contributed by atoms with E-state index in [1.807, 2.05) is 25.1 Å². The molecule has 0 bridgehead atoms. The minimum absolute atomic E-state index is 0.244. The van der Waals surface area contributed by atoms with Gasteiger partial charge in [-0.05, 0) is 36.8 Å². The molecular weight excluding hydrogens is 334 g/mol. The zero-order chi connectivity index (χ0) is 15.4. The van der Waals surface area contributed by atoms with Crippen LogP contribution in [0.3, 0.4) is 0 Å². The summed E-state index contributed by atoms with van der Waals surface area (Å²) in [5.41, 5.74) is 2.16. The van der Waals surface area contributed by atoms with E-state index in [4.69, 9.17) is 9.47 Å². The van der Waals surface area contributed by atoms with Crippen LogP contribution in [-0.2, 0) is 0 Å². The number of nitrogens with one attached hydrogen (secondary N) is 1. The van der Waals surface area contributed by atoms with E-state index in [-0.39, 0.29) is 5.91 Å². The van der Waals surface area contributed by atoms with Gasteiger partial charge in [0.15, 0.2) is 11.5 Å². The number of halogens is 1. The van der Waals surface area contributed by atoms with Crippen molar-refractivity contribution in [2.24, 2.45) is 0 Å². The number of hydrogen-bond acceptors (Lipinski definition) is 3. The molecule has 0 aliphatic heterocycles. The van der Waals surface area contributed by atoms with Gasteiger partial charge in [-0.25, -0.2) is 0 Å². The summed E-state index contributed by atoms with van der Waals surface area (Å²) in [7, 11) is 3.05. The fourth-order valence-electron chi connectivity index (χ4n) is 1.98. The maximum Gasteiger partial charge on any atom is 0.259 e. The lowest BCUT2D eigenvalue weighted by Crippen LogP contribution is -2.14. The quantitative estimate of drug-likeness (QED) is 0.906. The standard InChI is InChI=1S/C16H16BrNO3/c1-10-7-8-11(17)9-13(10)18-16(19)12-5-4-6-14(20-2)15(12)21-3/h4-9H,1-3H3,(H,18,19). The molecule has 0 spiro atoms. The smallest absolute Gasteiger partial charge is 0.259 e. The average Bonchev–Trinajstić information content (AvgIpc) is 2.49. The molecular formula is C16H16BrNO3. The summed E-state index contributed by atoms with van der Waals surface area (Å²) < 4.78 is 11.4. The number of hydrogen-bond donors (Lipinski definition) is 1. The molecule has 5 heteroatoms. The lowest BCUT2D eigenvalue weighted by Gasteiger charge is -2.13. The van der Waals surface area contributed by atoms with Crippen LogP contribution in [0, 0.1) is 6.92 Å². The summed E-state index contributed by atoms with van der Waals surface area (Å²) in [6.45, 7) is 1.94. The van der Waals surface area contributed by atoms with Crippen LogP contribution in [0.2, 0.25) is 0 Å². The number of rotatable bonds is 4. The molecule has 0 heterocycles. The molecule has 2 aromatic rings. The lowest BCUT2D eigenvalue weighted by atomic mass is 10.1. The van der Waals surface area contributed by atoms with Crippen LogP contribution >= 0.6 is 15.9 Å². The number of carbonyl (C=O) groups excluding carboxylic acids is 1. The summed E-state index contributed by atoms with van der Waals surface area (Å²) in [6, 6.07) is 10.9. The number of amides is 1. The van der Waals surface area contributed by atoms with Crippen molar-refractivity contribution in [3.8, 4) is 11.5 Å². The fourth-order valence-corrected chi connectivity index (χ4v) is 2.35. The SMILES string of the molecule is COc1cccc(C(=O)Nc2cc(Br)ccc2C)c1OC. The maximum atomic E-state index is 12.5. The van der Waals surface area contributed by atoms with Crippen molar-refractivity contribution < 1.29 is 14.3 Å². The molecule has 2 aromatic carbocycles. The van der Waals surface area contributed by atoms with Gasteiger partial charge in [0.25, 0.3) is 5.91 Å². The summed E-state index contributed by atoms with van der Waals surface area (Å²) in [5, 5.41) is 2.89. The topological polar surface area (TPSA) is 47.6 Å². The number of benzene rings is 2. The van der Waals surface area contributed by atoms with Gasteiger partial charge in [0, 0.05) is 10.2 Å². The third kappa shape index (κ3) is 3.36. The second kappa shape index (κ2) is 6.63. The Morgan fingerprint density at radius 3 is 2.57 bits per heavy atom. The molecule has 21 heavy (non-hydrogen) atoms. The van der Waals surface area contributed by atoms with E-state index in [0.717, 1.165) is 15.7 Å². The van der Waals surface area contributed by atoms with E-state index in [2.05, 4.69) is 21.2 Å². The molecule has 110 valence electrons. The van der Waals surface area contributed by atoms with E-state index in [1.165, 1.54) is 14.2 Å². The Morgan fingerprint density at radius 1 is 1.14 bits per heavy atom. The molecule has 0 saturated heterocycles. The molecule has 0 radical (unpaired) electrons. The van der Waals surface area contributed by atoms with Crippen LogP contribution < -0.4 is 14.8 Å². The van der Waals surface area contributed by atoms with Gasteiger partial charge in [0.1, 0.15) is 0 Å². The highest BCUT2D eigenvalue weighted by molar-refractivity contribution is 9.10. The predicted molar refractivity (Wildman–Crippen MR) is 86.4 cm³/mol. The van der Waals surface area contributed by atoms with Crippen LogP contribution in [0.5, 0.6) is 11.5 Å². The Balaban J connectivity index is 2.35. The van der Waals surface area contributed by atoms with Gasteiger partial charge in [-0.3, -0.25) is 4.79 Å². The predicted octanol–water partition coefficient (Wildman–Crippen LogP) is 4.03. The lowest BCUT2D eigenvalue weighted by molar-refractivity contribution is 0.102. The second-order valence-electron chi connectivity index (χ2n) is 4.45. The molecule has 0 fully saturated rings. The minimum atomic E-state index is -0.244. The van der Waals surface area contributed by atoms with Gasteiger partial charge >= 0.3 is 0 Å². The van der Waals surface area contributed by atoms with Crippen molar-refractivity contribution in [1.82, 2.24) is 0 Å². The molecule has 0 aliphatic rings. The largest absolute Gasteiger partial charge is 0.493 e. The Bertz CT molecular complexity index is 671. The van der Waals surface area contributed by atoms with E-state index in [9.17, 15) is 4.79 Å². The van der Waals surface area contributed by atoms with Crippen molar-refractivity contribution in [3.63, 3.8) is 0 Å². The van der Waals surface area contributed by atoms with E-state index in [0.29, 0.717) is 17.1 Å². The van der Waals surface area contributed by atoms with Crippen molar-refractivity contribution in [3.05, 3.63) is 52.0 Å². The molecule has 2 rings (SSSR count). The Labute approximate surface area is 132 Å². The van der Waals surface area contributed by atoms with Crippen LogP contribution in [0.4, 0.5) is 5.69 Å². The molecule has 1 N–H and O–H groups in total. The molecule has 1 amide bonds. The summed E-state index contributed by atoms with van der Waals surface area (Å²) >= 11 is 3.40. The normalized spacial score (nSPS) is 10.1. The Hall–Kier alpha value is -2.01. The average molecular weight is 350 g/mol. The number of aryl methyl sites for hydroxylation is 1. The van der Waals surface area contributed by atoms with Crippen LogP contribution in [0.15, 0.2) is 40.9 Å². The number of carbonyl (C=O) groups is 1. The number of anilines is 1. The fraction of sp³-hybridized carbons (Fsp3) is 0.188. The molecule has 4 nitrogen and oxygen atoms in total. The van der Waals surface area contributed by atoms with E-state index >= 15 is 0 Å². The van der Waals surface area contributed by atoms with E-state index < -0.39 is 0 Å². The molecule has 0 aromatic heterocycles. The van der Waals surface area contributed by atoms with Crippen molar-refractivity contribution >= 4 is 27.5 Å². The first-order valence-electron chi connectivity index (χ1n) is 6.35. The summed E-state index contributed by atoms with van der Waals surface area (Å²) in [6.07, 6.45) is 0. The van der Waals surface area contributed by atoms with Gasteiger partial charge in [-0.15, -0.1) is 0 Å². The number of para-hydroxylation sites is 1. The molecule has 0 unspecified atom stereocenters. The van der Waals surface area contributed by atoms with Crippen LogP contribution in [0.25, 0.3) is 0 Å². The third-order valence-corrected chi connectivity index (χ3v) is 3.59. The molecule has 0 saturated carbocycles. The Morgan fingerprint density at radius 2 is 1.90 bits per heavy atom. The highest BCUT2D eigenvalue weighted by Crippen LogP contribution is 2.31. The second-order valence-corrected chi connectivity index (χ2v) is 5.37. The first kappa shape index (κ1) is 15.4. The van der Waals surface area contributed by atoms with Gasteiger partial charge in [0.2, 0.25) is 0 Å². The van der Waals surface area contributed by atoms with Gasteiger partial charge in [-0.1, -0.05) is 28.1 Å². The van der Waals surface area contributed by atoms with Gasteiger partial charge < -0.3 is 14.8 Å².